The molecule has 0 fully saturated rings. The predicted octanol–water partition coefficient (Wildman–Crippen LogP) is -0.892. The summed E-state index contributed by atoms with van der Waals surface area (Å²) in [6.07, 6.45) is 2.46. The van der Waals surface area contributed by atoms with Gasteiger partial charge in [-0.3, -0.25) is 5.41 Å². The van der Waals surface area contributed by atoms with Gasteiger partial charge in [0, 0.05) is 19.5 Å². The fourth-order valence-corrected chi connectivity index (χ4v) is 1.76. The summed E-state index contributed by atoms with van der Waals surface area (Å²) in [5.74, 6) is -0.245. The van der Waals surface area contributed by atoms with Crippen molar-refractivity contribution in [2.45, 2.75) is 5.16 Å². The molecule has 13 heavy (non-hydrogen) atoms. The van der Waals surface area contributed by atoms with Crippen molar-refractivity contribution in [3.05, 3.63) is 11.9 Å². The lowest BCUT2D eigenvalue weighted by molar-refractivity contribution is 0.585. The van der Waals surface area contributed by atoms with Crippen molar-refractivity contribution in [2.24, 2.45) is 12.8 Å². The molecule has 1 heterocycles. The molecular formula is C6H10N4O2S. The molecule has 72 valence electrons. The van der Waals surface area contributed by atoms with Crippen LogP contribution >= 0.6 is 0 Å². The maximum Gasteiger partial charge on any atom is 0.227 e. The number of hydrogen-bond donors (Lipinski definition) is 2. The fourth-order valence-electron chi connectivity index (χ4n) is 0.924. The standard InChI is InChI=1S/C6H10N4O2S/c1-10-3-4(5(7)8)9-6(10)13(2,11)12/h3H,1-2H3,(H3,7,8). The Morgan fingerprint density at radius 1 is 1.69 bits per heavy atom. The summed E-state index contributed by atoms with van der Waals surface area (Å²) in [6.45, 7) is 0. The Balaban J connectivity index is 3.35. The van der Waals surface area contributed by atoms with Gasteiger partial charge in [0.1, 0.15) is 11.5 Å². The largest absolute Gasteiger partial charge is 0.382 e. The Bertz CT molecular complexity index is 445. The first-order valence-corrected chi connectivity index (χ1v) is 5.29. The molecule has 0 saturated carbocycles. The van der Waals surface area contributed by atoms with Crippen LogP contribution in [0.1, 0.15) is 5.69 Å². The van der Waals surface area contributed by atoms with Gasteiger partial charge >= 0.3 is 0 Å². The molecule has 1 aromatic heterocycles. The summed E-state index contributed by atoms with van der Waals surface area (Å²) < 4.78 is 23.5. The molecule has 1 rings (SSSR count). The van der Waals surface area contributed by atoms with Crippen LogP contribution in [0.15, 0.2) is 11.4 Å². The van der Waals surface area contributed by atoms with E-state index < -0.39 is 9.84 Å². The third kappa shape index (κ3) is 1.86. The van der Waals surface area contributed by atoms with Gasteiger partial charge in [0.05, 0.1) is 0 Å². The maximum absolute atomic E-state index is 11.1. The third-order valence-corrected chi connectivity index (χ3v) is 2.48. The van der Waals surface area contributed by atoms with Crippen LogP contribution < -0.4 is 5.73 Å². The molecule has 0 unspecified atom stereocenters. The Labute approximate surface area is 75.8 Å². The van der Waals surface area contributed by atoms with Gasteiger partial charge in [0.25, 0.3) is 0 Å². The number of hydrogen-bond acceptors (Lipinski definition) is 4. The lowest BCUT2D eigenvalue weighted by Gasteiger charge is -1.95. The number of aromatic nitrogens is 2. The first-order valence-electron chi connectivity index (χ1n) is 3.40. The highest BCUT2D eigenvalue weighted by atomic mass is 32.2. The summed E-state index contributed by atoms with van der Waals surface area (Å²) in [6, 6.07) is 0. The highest BCUT2D eigenvalue weighted by molar-refractivity contribution is 7.90. The molecule has 0 atom stereocenters. The molecule has 0 amide bonds. The van der Waals surface area contributed by atoms with Gasteiger partial charge in [-0.05, 0) is 0 Å². The normalized spacial score (nSPS) is 11.5. The van der Waals surface area contributed by atoms with Crippen LogP contribution in [0.4, 0.5) is 0 Å². The highest BCUT2D eigenvalue weighted by Crippen LogP contribution is 2.06. The molecule has 0 aliphatic rings. The predicted molar refractivity (Wildman–Crippen MR) is 47.3 cm³/mol. The van der Waals surface area contributed by atoms with Crippen LogP contribution in [0.25, 0.3) is 0 Å². The van der Waals surface area contributed by atoms with Crippen molar-refractivity contribution in [3.8, 4) is 0 Å². The molecule has 0 aliphatic carbocycles. The second-order valence-corrected chi connectivity index (χ2v) is 4.61. The van der Waals surface area contributed by atoms with E-state index in [9.17, 15) is 8.42 Å². The summed E-state index contributed by atoms with van der Waals surface area (Å²) in [4.78, 5) is 3.71. The molecule has 0 spiro atoms. The molecule has 3 N–H and O–H groups in total. The Morgan fingerprint density at radius 2 is 2.23 bits per heavy atom. The van der Waals surface area contributed by atoms with Gasteiger partial charge in [-0.2, -0.15) is 0 Å². The minimum absolute atomic E-state index is 0.0855. The van der Waals surface area contributed by atoms with Crippen LogP contribution in [-0.4, -0.2) is 30.1 Å². The zero-order valence-corrected chi connectivity index (χ0v) is 8.09. The van der Waals surface area contributed by atoms with Gasteiger partial charge in [-0.15, -0.1) is 0 Å². The van der Waals surface area contributed by atoms with Crippen molar-refractivity contribution in [1.29, 1.82) is 5.41 Å². The van der Waals surface area contributed by atoms with Crippen LogP contribution in [-0.2, 0) is 16.9 Å². The zero-order valence-electron chi connectivity index (χ0n) is 7.27. The fraction of sp³-hybridized carbons (Fsp3) is 0.333. The van der Waals surface area contributed by atoms with E-state index in [0.717, 1.165) is 6.26 Å². The number of aryl methyl sites for hydroxylation is 1. The van der Waals surface area contributed by atoms with Crippen LogP contribution in [0.5, 0.6) is 0 Å². The number of nitrogens with two attached hydrogens (primary N) is 1. The van der Waals surface area contributed by atoms with Gasteiger partial charge in [-0.25, -0.2) is 13.4 Å². The Hall–Kier alpha value is -1.37. The molecule has 0 radical (unpaired) electrons. The molecule has 6 nitrogen and oxygen atoms in total. The van der Waals surface area contributed by atoms with E-state index in [2.05, 4.69) is 4.98 Å². The second kappa shape index (κ2) is 2.84. The van der Waals surface area contributed by atoms with Crippen molar-refractivity contribution >= 4 is 15.7 Å². The van der Waals surface area contributed by atoms with Crippen LogP contribution in [0, 0.1) is 5.41 Å². The summed E-state index contributed by atoms with van der Waals surface area (Å²) in [5.41, 5.74) is 5.32. The number of rotatable bonds is 2. The quantitative estimate of drug-likeness (QED) is 0.479. The Kier molecular flexibility index (Phi) is 2.12. The van der Waals surface area contributed by atoms with E-state index in [1.165, 1.54) is 17.8 Å². The Morgan fingerprint density at radius 3 is 2.46 bits per heavy atom. The minimum atomic E-state index is -3.35. The molecule has 1 aromatic rings. The third-order valence-electron chi connectivity index (χ3n) is 1.44. The summed E-state index contributed by atoms with van der Waals surface area (Å²) in [7, 11) is -1.81. The van der Waals surface area contributed by atoms with Gasteiger partial charge in [0.15, 0.2) is 0 Å². The number of sulfone groups is 1. The average molecular weight is 202 g/mol. The van der Waals surface area contributed by atoms with E-state index in [1.807, 2.05) is 0 Å². The van der Waals surface area contributed by atoms with E-state index in [0.29, 0.717) is 0 Å². The molecule has 7 heteroatoms. The van der Waals surface area contributed by atoms with Gasteiger partial charge in [-0.1, -0.05) is 0 Å². The van der Waals surface area contributed by atoms with Crippen molar-refractivity contribution in [1.82, 2.24) is 9.55 Å². The first kappa shape index (κ1) is 9.72. The van der Waals surface area contributed by atoms with E-state index in [-0.39, 0.29) is 16.7 Å². The number of nitrogens with one attached hydrogen (secondary N) is 1. The van der Waals surface area contributed by atoms with E-state index in [4.69, 9.17) is 11.1 Å². The highest BCUT2D eigenvalue weighted by Gasteiger charge is 2.16. The lowest BCUT2D eigenvalue weighted by atomic mass is 10.4. The zero-order chi connectivity index (χ0) is 10.2. The molecule has 0 aromatic carbocycles. The topological polar surface area (TPSA) is 102 Å². The van der Waals surface area contributed by atoms with E-state index in [1.54, 1.807) is 0 Å². The molecule has 0 saturated heterocycles. The first-order chi connectivity index (χ1) is 5.82. The number of nitrogen functional groups attached to an aromatic ring is 1. The van der Waals surface area contributed by atoms with Crippen LogP contribution in [0.2, 0.25) is 0 Å². The summed E-state index contributed by atoms with van der Waals surface area (Å²) in [5, 5.41) is 6.97. The molecule has 0 bridgehead atoms. The smallest absolute Gasteiger partial charge is 0.227 e. The monoisotopic (exact) mass is 202 g/mol. The number of imidazole rings is 1. The number of nitrogens with zero attached hydrogens (tertiary/aromatic N) is 2. The van der Waals surface area contributed by atoms with Gasteiger partial charge < -0.3 is 10.3 Å². The molecule has 0 aliphatic heterocycles. The maximum atomic E-state index is 11.1. The minimum Gasteiger partial charge on any atom is -0.382 e. The van der Waals surface area contributed by atoms with E-state index >= 15 is 0 Å². The SMILES string of the molecule is Cn1cc(C(=N)N)nc1S(C)(=O)=O. The van der Waals surface area contributed by atoms with Crippen molar-refractivity contribution in [3.63, 3.8) is 0 Å². The second-order valence-electron chi connectivity index (χ2n) is 2.71. The van der Waals surface area contributed by atoms with Crippen molar-refractivity contribution in [2.75, 3.05) is 6.26 Å². The average Bonchev–Trinajstić information content (AvgIpc) is 2.29. The van der Waals surface area contributed by atoms with Gasteiger partial charge in [0.2, 0.25) is 15.0 Å². The number of amidine groups is 1. The molecular weight excluding hydrogens is 192 g/mol. The van der Waals surface area contributed by atoms with Crippen molar-refractivity contribution < 1.29 is 8.42 Å². The van der Waals surface area contributed by atoms with Crippen LogP contribution in [0.3, 0.4) is 0 Å². The lowest BCUT2D eigenvalue weighted by Crippen LogP contribution is -2.11. The summed E-state index contributed by atoms with van der Waals surface area (Å²) >= 11 is 0.